The van der Waals surface area contributed by atoms with E-state index in [0.29, 0.717) is 19.0 Å². The highest BCUT2D eigenvalue weighted by molar-refractivity contribution is 7.71. The Morgan fingerprint density at radius 1 is 1.35 bits per heavy atom. The summed E-state index contributed by atoms with van der Waals surface area (Å²) in [5.74, 6) is 0.697. The van der Waals surface area contributed by atoms with Crippen molar-refractivity contribution >= 4 is 28.1 Å². The van der Waals surface area contributed by atoms with Gasteiger partial charge in [0.1, 0.15) is 33.3 Å². The van der Waals surface area contributed by atoms with Crippen LogP contribution < -0.4 is 4.90 Å². The molecule has 1 fully saturated rings. The summed E-state index contributed by atoms with van der Waals surface area (Å²) in [4.78, 5) is 10.1. The summed E-state index contributed by atoms with van der Waals surface area (Å²) in [6.07, 6.45) is 0. The second-order valence-corrected chi connectivity index (χ2v) is 4.92. The summed E-state index contributed by atoms with van der Waals surface area (Å²) >= 11 is 5.85. The third-order valence-corrected chi connectivity index (χ3v) is 3.07. The maximum atomic E-state index is 10.6. The molecule has 0 spiro atoms. The number of rotatable bonds is 3. The molecule has 0 unspecified atom stereocenters. The van der Waals surface area contributed by atoms with Gasteiger partial charge in [0, 0.05) is 19.2 Å². The summed E-state index contributed by atoms with van der Waals surface area (Å²) < 4.78 is 26.5. The first-order valence-corrected chi connectivity index (χ1v) is 6.87. The van der Waals surface area contributed by atoms with Crippen molar-refractivity contribution in [1.29, 1.82) is 0 Å². The summed E-state index contributed by atoms with van der Waals surface area (Å²) in [6.45, 7) is 2.70. The molecule has 2 rings (SSSR count). The van der Waals surface area contributed by atoms with Crippen LogP contribution in [0.15, 0.2) is 6.07 Å². The molecule has 6 nitrogen and oxygen atoms in total. The monoisotopic (exact) mass is 277 g/mol. The van der Waals surface area contributed by atoms with Crippen molar-refractivity contribution in [2.75, 3.05) is 31.2 Å². The van der Waals surface area contributed by atoms with Crippen molar-refractivity contribution in [1.82, 2.24) is 9.97 Å². The first-order valence-electron chi connectivity index (χ1n) is 5.13. The van der Waals surface area contributed by atoms with Crippen molar-refractivity contribution in [3.05, 3.63) is 17.0 Å². The predicted molar refractivity (Wildman–Crippen MR) is 64.1 cm³/mol. The average molecular weight is 278 g/mol. The molecule has 0 aromatic carbocycles. The summed E-state index contributed by atoms with van der Waals surface area (Å²) in [5.41, 5.74) is 0. The highest BCUT2D eigenvalue weighted by Gasteiger charge is 2.14. The smallest absolute Gasteiger partial charge is 0.147 e. The van der Waals surface area contributed by atoms with E-state index in [-0.39, 0.29) is 16.7 Å². The molecule has 0 radical (unpaired) electrons. The van der Waals surface area contributed by atoms with E-state index in [4.69, 9.17) is 16.3 Å². The molecule has 0 amide bonds. The van der Waals surface area contributed by atoms with E-state index in [0.717, 1.165) is 13.1 Å². The lowest BCUT2D eigenvalue weighted by Gasteiger charge is -2.27. The van der Waals surface area contributed by atoms with Gasteiger partial charge in [-0.3, -0.25) is 0 Å². The Labute approximate surface area is 106 Å². The minimum Gasteiger partial charge on any atom is -0.378 e. The Kier molecular flexibility index (Phi) is 4.14. The fraction of sp³-hybridized carbons (Fsp3) is 0.556. The second-order valence-electron chi connectivity index (χ2n) is 3.56. The van der Waals surface area contributed by atoms with Gasteiger partial charge in [-0.1, -0.05) is 11.6 Å². The van der Waals surface area contributed by atoms with Crippen LogP contribution in [-0.2, 0) is 21.2 Å². The third-order valence-electron chi connectivity index (χ3n) is 2.33. The number of halogens is 1. The molecular formula is C9H12ClN3O3S. The molecule has 2 heterocycles. The average Bonchev–Trinajstić information content (AvgIpc) is 2.28. The summed E-state index contributed by atoms with van der Waals surface area (Å²) in [6, 6.07) is 1.63. The zero-order chi connectivity index (χ0) is 12.3. The lowest BCUT2D eigenvalue weighted by Crippen LogP contribution is -2.37. The number of aromatic nitrogens is 2. The molecule has 1 aliphatic rings. The summed E-state index contributed by atoms with van der Waals surface area (Å²) in [5, 5.41) is 0.258. The van der Waals surface area contributed by atoms with Crippen LogP contribution in [-0.4, -0.2) is 44.7 Å². The lowest BCUT2D eigenvalue weighted by atomic mass is 10.4. The highest BCUT2D eigenvalue weighted by Crippen LogP contribution is 2.17. The Balaban J connectivity index is 2.23. The molecule has 0 bridgehead atoms. The molecule has 0 aliphatic carbocycles. The number of nitrogens with zero attached hydrogens (tertiary/aromatic N) is 3. The summed E-state index contributed by atoms with van der Waals surface area (Å²) in [7, 11) is -2.55. The van der Waals surface area contributed by atoms with Crippen LogP contribution in [0.4, 0.5) is 5.82 Å². The van der Waals surface area contributed by atoms with Crippen molar-refractivity contribution in [2.45, 2.75) is 5.75 Å². The third kappa shape index (κ3) is 3.52. The van der Waals surface area contributed by atoms with Gasteiger partial charge in [0.25, 0.3) is 0 Å². The minimum absolute atomic E-state index is 0.187. The topological polar surface area (TPSA) is 72.4 Å². The zero-order valence-electron chi connectivity index (χ0n) is 9.00. The van der Waals surface area contributed by atoms with Crippen molar-refractivity contribution in [2.24, 2.45) is 0 Å². The highest BCUT2D eigenvalue weighted by atomic mass is 35.5. The van der Waals surface area contributed by atoms with Gasteiger partial charge in [0.05, 0.1) is 13.2 Å². The van der Waals surface area contributed by atoms with Gasteiger partial charge in [-0.15, -0.1) is 0 Å². The molecule has 1 aliphatic heterocycles. The molecule has 0 saturated carbocycles. The number of hydrogen-bond acceptors (Lipinski definition) is 6. The molecule has 94 valence electrons. The number of thiol groups is 1. The van der Waals surface area contributed by atoms with Gasteiger partial charge in [-0.25, -0.2) is 18.4 Å². The van der Waals surface area contributed by atoms with Gasteiger partial charge < -0.3 is 9.64 Å². The van der Waals surface area contributed by atoms with E-state index in [1.807, 2.05) is 4.90 Å². The molecule has 8 heteroatoms. The Hall–Kier alpha value is -0.920. The fourth-order valence-corrected chi connectivity index (χ4v) is 2.16. The van der Waals surface area contributed by atoms with Gasteiger partial charge in [-0.2, -0.15) is 0 Å². The maximum absolute atomic E-state index is 10.6. The standard InChI is InChI=1S/C9H12ClN3O3S/c10-7-5-9(13-1-3-16-4-2-13)12-8(11-7)6-17(14)15/h5,17H,1-4,6H2. The normalized spacial score (nSPS) is 16.5. The van der Waals surface area contributed by atoms with Crippen LogP contribution in [0.2, 0.25) is 5.15 Å². The van der Waals surface area contributed by atoms with Crippen LogP contribution in [0.1, 0.15) is 5.82 Å². The van der Waals surface area contributed by atoms with E-state index in [1.165, 1.54) is 0 Å². The van der Waals surface area contributed by atoms with Gasteiger partial charge in [-0.05, 0) is 0 Å². The Morgan fingerprint density at radius 2 is 2.06 bits per heavy atom. The SMILES string of the molecule is O=[SH](=O)Cc1nc(Cl)cc(N2CCOCC2)n1. The molecule has 0 atom stereocenters. The quantitative estimate of drug-likeness (QED) is 0.623. The molecule has 0 N–H and O–H groups in total. The number of hydrogen-bond donors (Lipinski definition) is 1. The number of morpholine rings is 1. The largest absolute Gasteiger partial charge is 0.378 e. The van der Waals surface area contributed by atoms with Crippen molar-refractivity contribution in [3.63, 3.8) is 0 Å². The van der Waals surface area contributed by atoms with Gasteiger partial charge >= 0.3 is 0 Å². The molecular weight excluding hydrogens is 266 g/mol. The van der Waals surface area contributed by atoms with Crippen LogP contribution >= 0.6 is 11.6 Å². The first kappa shape index (κ1) is 12.5. The van der Waals surface area contributed by atoms with E-state index in [1.54, 1.807) is 6.07 Å². The molecule has 1 saturated heterocycles. The van der Waals surface area contributed by atoms with E-state index in [2.05, 4.69) is 9.97 Å². The number of anilines is 1. The maximum Gasteiger partial charge on any atom is 0.147 e. The molecule has 17 heavy (non-hydrogen) atoms. The predicted octanol–water partition coefficient (Wildman–Crippen LogP) is 0.0780. The van der Waals surface area contributed by atoms with E-state index < -0.39 is 10.7 Å². The minimum atomic E-state index is -2.55. The van der Waals surface area contributed by atoms with Crippen LogP contribution in [0.25, 0.3) is 0 Å². The van der Waals surface area contributed by atoms with Crippen LogP contribution in [0, 0.1) is 0 Å². The lowest BCUT2D eigenvalue weighted by molar-refractivity contribution is 0.122. The van der Waals surface area contributed by atoms with E-state index in [9.17, 15) is 8.42 Å². The van der Waals surface area contributed by atoms with Gasteiger partial charge in [0.15, 0.2) is 0 Å². The molecule has 1 aromatic rings. The van der Waals surface area contributed by atoms with Crippen LogP contribution in [0.3, 0.4) is 0 Å². The molecule has 1 aromatic heterocycles. The number of ether oxygens (including phenoxy) is 1. The first-order chi connectivity index (χ1) is 8.15. The van der Waals surface area contributed by atoms with Crippen molar-refractivity contribution < 1.29 is 13.2 Å². The Bertz CT molecular complexity index is 467. The Morgan fingerprint density at radius 3 is 2.71 bits per heavy atom. The van der Waals surface area contributed by atoms with Gasteiger partial charge in [0.2, 0.25) is 0 Å². The zero-order valence-corrected chi connectivity index (χ0v) is 10.7. The van der Waals surface area contributed by atoms with Crippen molar-refractivity contribution in [3.8, 4) is 0 Å². The van der Waals surface area contributed by atoms with Crippen LogP contribution in [0.5, 0.6) is 0 Å². The fourth-order valence-electron chi connectivity index (χ4n) is 1.59. The second kappa shape index (κ2) is 5.61. The van der Waals surface area contributed by atoms with E-state index >= 15 is 0 Å².